The van der Waals surface area contributed by atoms with Gasteiger partial charge in [0.05, 0.1) is 8.66 Å². The van der Waals surface area contributed by atoms with Crippen molar-refractivity contribution in [3.8, 4) is 0 Å². The maximum absolute atomic E-state index is 11.8. The molecule has 4 heteroatoms. The molecule has 0 saturated heterocycles. The van der Waals surface area contributed by atoms with Crippen molar-refractivity contribution in [3.05, 3.63) is 20.3 Å². The molecule has 0 aliphatic heterocycles. The zero-order valence-electron chi connectivity index (χ0n) is 9.26. The molecule has 0 atom stereocenters. The molecule has 0 aliphatic rings. The van der Waals surface area contributed by atoms with Crippen LogP contribution in [0.15, 0.2) is 9.85 Å². The number of hydrogen-bond donors (Lipinski definition) is 1. The van der Waals surface area contributed by atoms with Crippen LogP contribution in [0.1, 0.15) is 41.9 Å². The highest BCUT2D eigenvalue weighted by Crippen LogP contribution is 2.27. The summed E-state index contributed by atoms with van der Waals surface area (Å²) in [5.74, 6) is 0.0440. The van der Waals surface area contributed by atoms with Gasteiger partial charge in [-0.25, -0.2) is 0 Å². The fraction of sp³-hybridized carbons (Fsp3) is 0.545. The lowest BCUT2D eigenvalue weighted by Crippen LogP contribution is -2.33. The number of nitrogens with one attached hydrogen (secondary N) is 1. The molecule has 0 fully saturated rings. The minimum Gasteiger partial charge on any atom is -0.349 e. The molecule has 1 N–H and O–H groups in total. The Kier molecular flexibility index (Phi) is 4.80. The van der Waals surface area contributed by atoms with E-state index in [-0.39, 0.29) is 5.91 Å². The van der Waals surface area contributed by atoms with Crippen LogP contribution in [0.4, 0.5) is 0 Å². The van der Waals surface area contributed by atoms with Crippen LogP contribution in [-0.4, -0.2) is 11.9 Å². The fourth-order valence-corrected chi connectivity index (χ4v) is 2.76. The number of carbonyl (C=O) groups is 1. The molecule has 1 rings (SSSR count). The molecule has 0 radical (unpaired) electrons. The van der Waals surface area contributed by atoms with Crippen molar-refractivity contribution in [1.29, 1.82) is 0 Å². The van der Waals surface area contributed by atoms with Crippen LogP contribution in [-0.2, 0) is 0 Å². The van der Waals surface area contributed by atoms with Gasteiger partial charge in [-0.15, -0.1) is 11.3 Å². The minimum absolute atomic E-state index is 0.0440. The smallest absolute Gasteiger partial charge is 0.261 e. The Labute approximate surface area is 103 Å². The third-order valence-corrected chi connectivity index (χ3v) is 4.54. The van der Waals surface area contributed by atoms with E-state index < -0.39 is 0 Å². The molecule has 0 aliphatic carbocycles. The maximum Gasteiger partial charge on any atom is 0.261 e. The van der Waals surface area contributed by atoms with E-state index in [0.29, 0.717) is 6.04 Å². The van der Waals surface area contributed by atoms with E-state index >= 15 is 0 Å². The predicted molar refractivity (Wildman–Crippen MR) is 68.6 cm³/mol. The quantitative estimate of drug-likeness (QED) is 0.899. The predicted octanol–water partition coefficient (Wildman–Crippen LogP) is 3.74. The normalized spacial score (nSPS) is 10.7. The lowest BCUT2D eigenvalue weighted by molar-refractivity contribution is 0.0939. The summed E-state index contributed by atoms with van der Waals surface area (Å²) in [7, 11) is 0. The third kappa shape index (κ3) is 3.31. The van der Waals surface area contributed by atoms with Crippen LogP contribution in [0.2, 0.25) is 0 Å². The average Bonchev–Trinajstić information content (AvgIpc) is 2.55. The number of rotatable bonds is 4. The van der Waals surface area contributed by atoms with Gasteiger partial charge in [0.2, 0.25) is 0 Å². The molecule has 1 aromatic rings. The number of thiophene rings is 1. The molecule has 0 aromatic carbocycles. The molecule has 1 amide bonds. The first-order chi connectivity index (χ1) is 7.08. The Morgan fingerprint density at radius 3 is 2.53 bits per heavy atom. The minimum atomic E-state index is 0.0440. The summed E-state index contributed by atoms with van der Waals surface area (Å²) in [5, 5.41) is 3.02. The number of carbonyl (C=O) groups excluding carboxylic acids is 1. The van der Waals surface area contributed by atoms with Crippen molar-refractivity contribution in [1.82, 2.24) is 5.32 Å². The summed E-state index contributed by atoms with van der Waals surface area (Å²) in [6.07, 6.45) is 1.96. The van der Waals surface area contributed by atoms with Crippen LogP contribution in [0.3, 0.4) is 0 Å². The van der Waals surface area contributed by atoms with Crippen molar-refractivity contribution in [3.63, 3.8) is 0 Å². The van der Waals surface area contributed by atoms with E-state index in [4.69, 9.17) is 0 Å². The summed E-state index contributed by atoms with van der Waals surface area (Å²) in [6.45, 7) is 6.17. The molecule has 15 heavy (non-hydrogen) atoms. The van der Waals surface area contributed by atoms with Gasteiger partial charge in [-0.05, 0) is 47.3 Å². The van der Waals surface area contributed by atoms with E-state index in [1.165, 1.54) is 11.3 Å². The molecular weight excluding hydrogens is 274 g/mol. The molecular formula is C11H16BrNOS. The standard InChI is InChI=1S/C11H16BrNOS/c1-4-8(5-2)13-11(14)9-6-7(3)10(12)15-9/h6,8H,4-5H2,1-3H3,(H,13,14). The van der Waals surface area contributed by atoms with Crippen LogP contribution in [0, 0.1) is 6.92 Å². The summed E-state index contributed by atoms with van der Waals surface area (Å²) >= 11 is 4.91. The van der Waals surface area contributed by atoms with Crippen molar-refractivity contribution in [2.24, 2.45) is 0 Å². The maximum atomic E-state index is 11.8. The Morgan fingerprint density at radius 1 is 1.53 bits per heavy atom. The van der Waals surface area contributed by atoms with Gasteiger partial charge < -0.3 is 5.32 Å². The van der Waals surface area contributed by atoms with Gasteiger partial charge in [0.1, 0.15) is 0 Å². The van der Waals surface area contributed by atoms with E-state index in [9.17, 15) is 4.79 Å². The molecule has 1 heterocycles. The molecule has 0 bridgehead atoms. The SMILES string of the molecule is CCC(CC)NC(=O)c1cc(C)c(Br)s1. The Morgan fingerprint density at radius 2 is 2.13 bits per heavy atom. The summed E-state index contributed by atoms with van der Waals surface area (Å²) in [6, 6.07) is 2.21. The second kappa shape index (κ2) is 5.66. The monoisotopic (exact) mass is 289 g/mol. The molecule has 84 valence electrons. The first-order valence-electron chi connectivity index (χ1n) is 5.15. The van der Waals surface area contributed by atoms with Crippen molar-refractivity contribution in [2.45, 2.75) is 39.7 Å². The van der Waals surface area contributed by atoms with Gasteiger partial charge >= 0.3 is 0 Å². The largest absolute Gasteiger partial charge is 0.349 e. The van der Waals surface area contributed by atoms with Gasteiger partial charge in [0, 0.05) is 6.04 Å². The van der Waals surface area contributed by atoms with Crippen LogP contribution < -0.4 is 5.32 Å². The zero-order valence-corrected chi connectivity index (χ0v) is 11.7. The summed E-state index contributed by atoms with van der Waals surface area (Å²) in [4.78, 5) is 12.6. The van der Waals surface area contributed by atoms with E-state index in [1.54, 1.807) is 0 Å². The summed E-state index contributed by atoms with van der Waals surface area (Å²) in [5.41, 5.74) is 1.12. The Balaban J connectivity index is 2.68. The topological polar surface area (TPSA) is 29.1 Å². The molecule has 1 aromatic heterocycles. The average molecular weight is 290 g/mol. The van der Waals surface area contributed by atoms with E-state index in [2.05, 4.69) is 35.1 Å². The number of hydrogen-bond acceptors (Lipinski definition) is 2. The van der Waals surface area contributed by atoms with E-state index in [0.717, 1.165) is 27.1 Å². The van der Waals surface area contributed by atoms with Gasteiger partial charge in [0.25, 0.3) is 5.91 Å². The lowest BCUT2D eigenvalue weighted by atomic mass is 10.2. The number of aryl methyl sites for hydroxylation is 1. The summed E-state index contributed by atoms with van der Waals surface area (Å²) < 4.78 is 1.04. The zero-order chi connectivity index (χ0) is 11.4. The van der Waals surface area contributed by atoms with Gasteiger partial charge in [-0.1, -0.05) is 13.8 Å². The third-order valence-electron chi connectivity index (χ3n) is 2.40. The van der Waals surface area contributed by atoms with Gasteiger partial charge in [-0.2, -0.15) is 0 Å². The first-order valence-corrected chi connectivity index (χ1v) is 6.76. The number of amides is 1. The number of halogens is 1. The second-order valence-corrected chi connectivity index (χ2v) is 5.92. The van der Waals surface area contributed by atoms with Crippen molar-refractivity contribution >= 4 is 33.2 Å². The second-order valence-electron chi connectivity index (χ2n) is 3.55. The highest BCUT2D eigenvalue weighted by molar-refractivity contribution is 9.11. The van der Waals surface area contributed by atoms with E-state index in [1.807, 2.05) is 13.0 Å². The van der Waals surface area contributed by atoms with Crippen molar-refractivity contribution < 1.29 is 4.79 Å². The highest BCUT2D eigenvalue weighted by Gasteiger charge is 2.13. The van der Waals surface area contributed by atoms with Crippen LogP contribution >= 0.6 is 27.3 Å². The molecule has 2 nitrogen and oxygen atoms in total. The Bertz CT molecular complexity index is 325. The first kappa shape index (κ1) is 12.7. The van der Waals surface area contributed by atoms with Gasteiger partial charge in [-0.3, -0.25) is 4.79 Å². The fourth-order valence-electron chi connectivity index (χ4n) is 1.32. The highest BCUT2D eigenvalue weighted by atomic mass is 79.9. The van der Waals surface area contributed by atoms with Crippen LogP contribution in [0.5, 0.6) is 0 Å². The Hall–Kier alpha value is -0.350. The molecule has 0 saturated carbocycles. The van der Waals surface area contributed by atoms with Crippen LogP contribution in [0.25, 0.3) is 0 Å². The van der Waals surface area contributed by atoms with Crippen molar-refractivity contribution in [2.75, 3.05) is 0 Å². The molecule has 0 spiro atoms. The lowest BCUT2D eigenvalue weighted by Gasteiger charge is -2.13. The van der Waals surface area contributed by atoms with Gasteiger partial charge in [0.15, 0.2) is 0 Å². The molecule has 0 unspecified atom stereocenters.